The second-order valence-electron chi connectivity index (χ2n) is 10.7. The van der Waals surface area contributed by atoms with E-state index in [-0.39, 0.29) is 24.4 Å². The van der Waals surface area contributed by atoms with Crippen molar-refractivity contribution in [3.63, 3.8) is 0 Å². The third-order valence-electron chi connectivity index (χ3n) is 6.47. The molecule has 1 aromatic carbocycles. The second kappa shape index (κ2) is 12.6. The standard InChI is InChI=1S/C31H35N5O4/c1-21-19-33-29(35-26(21)12-10-22-8-6-7-9-24(22)18-28(37)39-5)34-25-11-13-27(32-20-25)23-14-16-36(17-15-23)30(38)40-31(2,3)4/h6-9,11,13,19-20,23H,14-18H2,1-5H3,(H,33,34,35). The number of likely N-dealkylation sites (tertiary alicyclic amines) is 1. The summed E-state index contributed by atoms with van der Waals surface area (Å²) < 4.78 is 10.3. The number of ether oxygens (including phenoxy) is 2. The molecule has 1 saturated heterocycles. The van der Waals surface area contributed by atoms with Crippen LogP contribution >= 0.6 is 0 Å². The van der Waals surface area contributed by atoms with Crippen molar-refractivity contribution in [2.45, 2.75) is 58.5 Å². The van der Waals surface area contributed by atoms with E-state index in [1.165, 1.54) is 7.11 Å². The van der Waals surface area contributed by atoms with Crippen molar-refractivity contribution in [1.29, 1.82) is 0 Å². The number of hydrogen-bond donors (Lipinski definition) is 1. The molecule has 1 N–H and O–H groups in total. The molecule has 0 atom stereocenters. The van der Waals surface area contributed by atoms with E-state index in [0.29, 0.717) is 24.7 Å². The molecule has 4 rings (SSSR count). The molecule has 0 saturated carbocycles. The van der Waals surface area contributed by atoms with Gasteiger partial charge in [-0.2, -0.15) is 0 Å². The number of piperidine rings is 1. The molecular weight excluding hydrogens is 506 g/mol. The SMILES string of the molecule is COC(=O)Cc1ccccc1C#Cc1nc(Nc2ccc(C3CCN(C(=O)OC(C)(C)C)CC3)nc2)ncc1C. The van der Waals surface area contributed by atoms with E-state index in [1.54, 1.807) is 17.3 Å². The highest BCUT2D eigenvalue weighted by molar-refractivity contribution is 5.73. The predicted molar refractivity (Wildman–Crippen MR) is 152 cm³/mol. The average molecular weight is 542 g/mol. The quantitative estimate of drug-likeness (QED) is 0.349. The number of rotatable bonds is 5. The summed E-state index contributed by atoms with van der Waals surface area (Å²) in [4.78, 5) is 39.5. The summed E-state index contributed by atoms with van der Waals surface area (Å²) in [5.74, 6) is 6.64. The maximum atomic E-state index is 12.3. The van der Waals surface area contributed by atoms with Crippen molar-refractivity contribution in [3.05, 3.63) is 76.9 Å². The maximum absolute atomic E-state index is 12.3. The minimum Gasteiger partial charge on any atom is -0.469 e. The van der Waals surface area contributed by atoms with Crippen LogP contribution in [0.15, 0.2) is 48.8 Å². The molecule has 0 aliphatic carbocycles. The molecule has 0 radical (unpaired) electrons. The summed E-state index contributed by atoms with van der Waals surface area (Å²) in [6, 6.07) is 11.4. The van der Waals surface area contributed by atoms with Crippen LogP contribution < -0.4 is 5.32 Å². The van der Waals surface area contributed by atoms with E-state index in [0.717, 1.165) is 40.9 Å². The number of benzene rings is 1. The van der Waals surface area contributed by atoms with Crippen LogP contribution in [-0.4, -0.2) is 57.7 Å². The third-order valence-corrected chi connectivity index (χ3v) is 6.47. The van der Waals surface area contributed by atoms with Gasteiger partial charge in [-0.05, 0) is 70.2 Å². The molecule has 3 aromatic rings. The number of hydrogen-bond acceptors (Lipinski definition) is 8. The molecule has 1 aliphatic heterocycles. The number of pyridine rings is 1. The van der Waals surface area contributed by atoms with Crippen molar-refractivity contribution in [2.24, 2.45) is 0 Å². The van der Waals surface area contributed by atoms with E-state index in [9.17, 15) is 9.59 Å². The highest BCUT2D eigenvalue weighted by Gasteiger charge is 2.28. The van der Waals surface area contributed by atoms with Crippen LogP contribution in [0.1, 0.15) is 67.6 Å². The van der Waals surface area contributed by atoms with Crippen molar-refractivity contribution >= 4 is 23.7 Å². The highest BCUT2D eigenvalue weighted by Crippen LogP contribution is 2.28. The fourth-order valence-electron chi connectivity index (χ4n) is 4.31. The molecule has 2 aromatic heterocycles. The van der Waals surface area contributed by atoms with E-state index >= 15 is 0 Å². The molecule has 0 spiro atoms. The lowest BCUT2D eigenvalue weighted by Gasteiger charge is -2.33. The first-order valence-electron chi connectivity index (χ1n) is 13.3. The van der Waals surface area contributed by atoms with Crippen molar-refractivity contribution in [3.8, 4) is 11.8 Å². The van der Waals surface area contributed by atoms with Crippen LogP contribution in [0.3, 0.4) is 0 Å². The number of anilines is 2. The Bertz CT molecular complexity index is 1410. The largest absolute Gasteiger partial charge is 0.469 e. The number of nitrogens with one attached hydrogen (secondary N) is 1. The number of methoxy groups -OCH3 is 1. The van der Waals surface area contributed by atoms with Crippen molar-refractivity contribution in [1.82, 2.24) is 19.9 Å². The number of carbonyl (C=O) groups excluding carboxylic acids is 2. The maximum Gasteiger partial charge on any atom is 0.410 e. The van der Waals surface area contributed by atoms with Gasteiger partial charge in [0.25, 0.3) is 0 Å². The minimum atomic E-state index is -0.496. The molecule has 1 amide bonds. The Morgan fingerprint density at radius 3 is 2.48 bits per heavy atom. The fourth-order valence-corrected chi connectivity index (χ4v) is 4.31. The summed E-state index contributed by atoms with van der Waals surface area (Å²) in [5, 5.41) is 3.21. The number of esters is 1. The molecule has 9 heteroatoms. The van der Waals surface area contributed by atoms with Gasteiger partial charge in [0.05, 0.1) is 25.4 Å². The normalized spacial score (nSPS) is 13.7. The highest BCUT2D eigenvalue weighted by atomic mass is 16.6. The van der Waals surface area contributed by atoms with E-state index in [4.69, 9.17) is 9.47 Å². The zero-order chi connectivity index (χ0) is 28.7. The van der Waals surface area contributed by atoms with Gasteiger partial charge in [-0.3, -0.25) is 9.78 Å². The zero-order valence-corrected chi connectivity index (χ0v) is 23.7. The van der Waals surface area contributed by atoms with E-state index < -0.39 is 5.60 Å². The van der Waals surface area contributed by atoms with Crippen molar-refractivity contribution < 1.29 is 19.1 Å². The molecule has 3 heterocycles. The van der Waals surface area contributed by atoms with Gasteiger partial charge in [-0.1, -0.05) is 24.1 Å². The zero-order valence-electron chi connectivity index (χ0n) is 23.7. The Labute approximate surface area is 235 Å². The van der Waals surface area contributed by atoms with Crippen LogP contribution in [0.5, 0.6) is 0 Å². The van der Waals surface area contributed by atoms with Crippen molar-refractivity contribution in [2.75, 3.05) is 25.5 Å². The smallest absolute Gasteiger partial charge is 0.410 e. The first-order chi connectivity index (χ1) is 19.1. The van der Waals surface area contributed by atoms with E-state index in [2.05, 4.69) is 32.1 Å². The molecule has 0 unspecified atom stereocenters. The summed E-state index contributed by atoms with van der Waals surface area (Å²) in [6.07, 6.45) is 5.07. The Morgan fingerprint density at radius 1 is 1.05 bits per heavy atom. The van der Waals surface area contributed by atoms with Gasteiger partial charge in [0.15, 0.2) is 0 Å². The monoisotopic (exact) mass is 541 g/mol. The Hall–Kier alpha value is -4.45. The minimum absolute atomic E-state index is 0.156. The number of aryl methyl sites for hydroxylation is 1. The van der Waals surface area contributed by atoms with Crippen LogP contribution in [0.4, 0.5) is 16.4 Å². The first kappa shape index (κ1) is 28.6. The number of nitrogens with zero attached hydrogens (tertiary/aromatic N) is 4. The van der Waals surface area contributed by atoms with Crippen LogP contribution in [0.25, 0.3) is 0 Å². The Morgan fingerprint density at radius 2 is 1.80 bits per heavy atom. The molecule has 1 fully saturated rings. The third kappa shape index (κ3) is 7.79. The summed E-state index contributed by atoms with van der Waals surface area (Å²) in [7, 11) is 1.37. The van der Waals surface area contributed by atoms with Gasteiger partial charge in [-0.25, -0.2) is 14.8 Å². The van der Waals surface area contributed by atoms with Crippen LogP contribution in [-0.2, 0) is 20.7 Å². The van der Waals surface area contributed by atoms with Gasteiger partial charge in [0, 0.05) is 42.0 Å². The number of carbonyl (C=O) groups is 2. The van der Waals surface area contributed by atoms with Gasteiger partial charge >= 0.3 is 12.1 Å². The molecule has 9 nitrogen and oxygen atoms in total. The second-order valence-corrected chi connectivity index (χ2v) is 10.7. The average Bonchev–Trinajstić information content (AvgIpc) is 2.93. The van der Waals surface area contributed by atoms with Gasteiger partial charge in [0.1, 0.15) is 11.3 Å². The summed E-state index contributed by atoms with van der Waals surface area (Å²) in [5.41, 5.74) is 4.24. The van der Waals surface area contributed by atoms with Gasteiger partial charge < -0.3 is 19.7 Å². The molecule has 1 aliphatic rings. The number of amides is 1. The lowest BCUT2D eigenvalue weighted by atomic mass is 9.93. The van der Waals surface area contributed by atoms with Crippen LogP contribution in [0, 0.1) is 18.8 Å². The fraction of sp³-hybridized carbons (Fsp3) is 0.387. The first-order valence-corrected chi connectivity index (χ1v) is 13.3. The topological polar surface area (TPSA) is 107 Å². The predicted octanol–water partition coefficient (Wildman–Crippen LogP) is 5.15. The van der Waals surface area contributed by atoms with Gasteiger partial charge in [-0.15, -0.1) is 0 Å². The Balaban J connectivity index is 1.39. The number of aromatic nitrogens is 3. The molecule has 208 valence electrons. The summed E-state index contributed by atoms with van der Waals surface area (Å²) in [6.45, 7) is 8.83. The molecule has 0 bridgehead atoms. The summed E-state index contributed by atoms with van der Waals surface area (Å²) >= 11 is 0. The lowest BCUT2D eigenvalue weighted by Crippen LogP contribution is -2.41. The lowest BCUT2D eigenvalue weighted by molar-refractivity contribution is -0.139. The molecular formula is C31H35N5O4. The molecule has 40 heavy (non-hydrogen) atoms. The van der Waals surface area contributed by atoms with Crippen LogP contribution in [0.2, 0.25) is 0 Å². The Kier molecular flexibility index (Phi) is 9.00. The van der Waals surface area contributed by atoms with E-state index in [1.807, 2.05) is 64.1 Å². The van der Waals surface area contributed by atoms with Gasteiger partial charge in [0.2, 0.25) is 5.95 Å².